The van der Waals surface area contributed by atoms with Gasteiger partial charge in [0.15, 0.2) is 0 Å². The molecule has 2 rings (SSSR count). The van der Waals surface area contributed by atoms with Gasteiger partial charge in [0.25, 0.3) is 0 Å². The zero-order valence-electron chi connectivity index (χ0n) is 5.37. The Balaban J connectivity index is 0.000000500. The predicted molar refractivity (Wildman–Crippen MR) is 40.7 cm³/mol. The van der Waals surface area contributed by atoms with Crippen molar-refractivity contribution in [2.75, 3.05) is 0 Å². The van der Waals surface area contributed by atoms with E-state index in [1.807, 2.05) is 12.1 Å². The number of rotatable bonds is 0. The molecule has 1 radical (unpaired) electrons. The molecule has 1 aromatic heterocycles. The first-order chi connectivity index (χ1) is 4.47. The molecule has 0 saturated heterocycles. The molecule has 0 nitrogen and oxygen atoms in total. The van der Waals surface area contributed by atoms with Crippen molar-refractivity contribution < 1.29 is 32.7 Å². The Morgan fingerprint density at radius 3 is 3.00 bits per heavy atom. The van der Waals surface area contributed by atoms with Crippen LogP contribution in [0.2, 0.25) is 0 Å². The second kappa shape index (κ2) is 3.61. The summed E-state index contributed by atoms with van der Waals surface area (Å²) in [6.07, 6.45) is 0. The third-order valence-electron chi connectivity index (χ3n) is 1.30. The van der Waals surface area contributed by atoms with Gasteiger partial charge >= 0.3 is 0 Å². The fourth-order valence-corrected chi connectivity index (χ4v) is 1.62. The molecule has 1 aromatic carbocycles. The van der Waals surface area contributed by atoms with Gasteiger partial charge in [-0.05, 0) is 5.38 Å². The molecule has 0 amide bonds. The van der Waals surface area contributed by atoms with Crippen molar-refractivity contribution in [3.8, 4) is 0 Å². The molecule has 10 heavy (non-hydrogen) atoms. The van der Waals surface area contributed by atoms with Crippen LogP contribution in [0.5, 0.6) is 0 Å². The smallest absolute Gasteiger partial charge is 0 e. The molecule has 47 valence electrons. The molecule has 0 bridgehead atoms. The summed E-state index contributed by atoms with van der Waals surface area (Å²) in [5.41, 5.74) is 0. The van der Waals surface area contributed by atoms with E-state index in [4.69, 9.17) is 0 Å². The number of fused-ring (bicyclic) bond motifs is 1. The maximum Gasteiger partial charge on any atom is 0 e. The fraction of sp³-hybridized carbons (Fsp3) is 0. The van der Waals surface area contributed by atoms with Crippen LogP contribution in [0.15, 0.2) is 29.6 Å². The molecular weight excluding hydrogens is 217 g/mol. The SMILES string of the molecule is [Y].[c-]1ccc2sccc2c1. The monoisotopic (exact) mass is 222 g/mol. The third kappa shape index (κ3) is 1.47. The Bertz CT molecular complexity index is 283. The Hall–Kier alpha value is 0.284. The number of hydrogen-bond donors (Lipinski definition) is 0. The van der Waals surface area contributed by atoms with Crippen LogP contribution in [0.25, 0.3) is 10.1 Å². The van der Waals surface area contributed by atoms with Gasteiger partial charge in [-0.15, -0.1) is 5.39 Å². The van der Waals surface area contributed by atoms with Gasteiger partial charge in [0.1, 0.15) is 0 Å². The van der Waals surface area contributed by atoms with Crippen LogP contribution in [0.3, 0.4) is 0 Å². The van der Waals surface area contributed by atoms with Crippen molar-refractivity contribution in [3.63, 3.8) is 0 Å². The van der Waals surface area contributed by atoms with Crippen LogP contribution >= 0.6 is 11.3 Å². The first-order valence-corrected chi connectivity index (χ1v) is 3.68. The minimum Gasteiger partial charge on any atom is -0.183 e. The average Bonchev–Trinajstić information content (AvgIpc) is 2.33. The van der Waals surface area contributed by atoms with Crippen molar-refractivity contribution in [3.05, 3.63) is 35.7 Å². The van der Waals surface area contributed by atoms with Crippen LogP contribution in [0.4, 0.5) is 0 Å². The molecular formula is C8H5SY-. The van der Waals surface area contributed by atoms with Crippen molar-refractivity contribution in [1.82, 2.24) is 0 Å². The summed E-state index contributed by atoms with van der Waals surface area (Å²) in [6.45, 7) is 0. The molecule has 2 heteroatoms. The molecule has 2 aromatic rings. The third-order valence-corrected chi connectivity index (χ3v) is 2.19. The minimum atomic E-state index is 0. The Morgan fingerprint density at radius 1 is 1.30 bits per heavy atom. The van der Waals surface area contributed by atoms with Crippen LogP contribution in [0, 0.1) is 6.07 Å². The van der Waals surface area contributed by atoms with E-state index in [0.29, 0.717) is 0 Å². The Kier molecular flexibility index (Phi) is 3.03. The van der Waals surface area contributed by atoms with Crippen LogP contribution in [0.1, 0.15) is 0 Å². The van der Waals surface area contributed by atoms with E-state index >= 15 is 0 Å². The second-order valence-electron chi connectivity index (χ2n) is 1.88. The number of thiophene rings is 1. The standard InChI is InChI=1S/C8H5S.Y/c1-2-4-8-7(3-1)5-6-9-8;/h2-6H;/q-1;. The van der Waals surface area contributed by atoms with Gasteiger partial charge in [0.2, 0.25) is 0 Å². The largest absolute Gasteiger partial charge is 0.183 e. The van der Waals surface area contributed by atoms with Gasteiger partial charge in [0.05, 0.1) is 0 Å². The van der Waals surface area contributed by atoms with E-state index in [1.165, 1.54) is 10.1 Å². The van der Waals surface area contributed by atoms with Gasteiger partial charge in [0, 0.05) is 32.7 Å². The summed E-state index contributed by atoms with van der Waals surface area (Å²) in [5, 5.41) is 3.39. The van der Waals surface area contributed by atoms with Crippen molar-refractivity contribution in [1.29, 1.82) is 0 Å². The van der Waals surface area contributed by atoms with E-state index in [0.717, 1.165) is 0 Å². The van der Waals surface area contributed by atoms with E-state index in [1.54, 1.807) is 11.3 Å². The summed E-state index contributed by atoms with van der Waals surface area (Å²) in [4.78, 5) is 0. The van der Waals surface area contributed by atoms with Crippen molar-refractivity contribution >= 4 is 21.4 Å². The zero-order valence-corrected chi connectivity index (χ0v) is 9.03. The summed E-state index contributed by atoms with van der Waals surface area (Å²) >= 11 is 1.77. The normalized spacial score (nSPS) is 9.20. The summed E-state index contributed by atoms with van der Waals surface area (Å²) in [6, 6.07) is 11.2. The molecule has 0 aliphatic heterocycles. The zero-order chi connectivity index (χ0) is 6.10. The number of hydrogen-bond acceptors (Lipinski definition) is 1. The summed E-state index contributed by atoms with van der Waals surface area (Å²) in [5.74, 6) is 0. The van der Waals surface area contributed by atoms with Gasteiger partial charge in [-0.2, -0.15) is 35.6 Å². The predicted octanol–water partition coefficient (Wildman–Crippen LogP) is 2.70. The molecule has 0 spiro atoms. The van der Waals surface area contributed by atoms with E-state index in [9.17, 15) is 0 Å². The minimum absolute atomic E-state index is 0. The average molecular weight is 222 g/mol. The summed E-state index contributed by atoms with van der Waals surface area (Å²) < 4.78 is 1.34. The molecule has 0 unspecified atom stereocenters. The quantitative estimate of drug-likeness (QED) is 0.601. The Morgan fingerprint density at radius 2 is 2.20 bits per heavy atom. The molecule has 0 aliphatic carbocycles. The van der Waals surface area contributed by atoms with Gasteiger partial charge < -0.3 is 0 Å². The van der Waals surface area contributed by atoms with Gasteiger partial charge in [-0.25, -0.2) is 0 Å². The van der Waals surface area contributed by atoms with Crippen molar-refractivity contribution in [2.45, 2.75) is 0 Å². The molecule has 0 saturated carbocycles. The van der Waals surface area contributed by atoms with Gasteiger partial charge in [-0.1, -0.05) is 10.8 Å². The number of benzene rings is 1. The molecule has 0 atom stereocenters. The topological polar surface area (TPSA) is 0 Å². The van der Waals surface area contributed by atoms with Crippen molar-refractivity contribution in [2.24, 2.45) is 0 Å². The first kappa shape index (κ1) is 8.38. The van der Waals surface area contributed by atoms with Crippen LogP contribution < -0.4 is 0 Å². The molecule has 0 aliphatic rings. The van der Waals surface area contributed by atoms with E-state index < -0.39 is 0 Å². The molecule has 1 heterocycles. The summed E-state index contributed by atoms with van der Waals surface area (Å²) in [7, 11) is 0. The van der Waals surface area contributed by atoms with E-state index in [-0.39, 0.29) is 32.7 Å². The maximum absolute atomic E-state index is 3.03. The maximum atomic E-state index is 3.03. The fourth-order valence-electron chi connectivity index (χ4n) is 0.847. The van der Waals surface area contributed by atoms with E-state index in [2.05, 4.69) is 23.6 Å². The second-order valence-corrected chi connectivity index (χ2v) is 2.83. The van der Waals surface area contributed by atoms with Crippen LogP contribution in [-0.4, -0.2) is 0 Å². The molecule has 0 N–H and O–H groups in total. The van der Waals surface area contributed by atoms with Gasteiger partial charge in [-0.3, -0.25) is 0 Å². The van der Waals surface area contributed by atoms with Crippen LogP contribution in [-0.2, 0) is 32.7 Å². The first-order valence-electron chi connectivity index (χ1n) is 2.80. The Labute approximate surface area is 89.1 Å². The molecule has 0 fully saturated rings.